The zero-order valence-corrected chi connectivity index (χ0v) is 10.3. The molecule has 3 N–H and O–H groups in total. The minimum Gasteiger partial charge on any atom is -0.464 e. The van der Waals surface area contributed by atoms with Crippen LogP contribution < -0.4 is 5.73 Å². The maximum Gasteiger partial charge on any atom is 0.357 e. The number of hydrogen-bond donors (Lipinski definition) is 2. The van der Waals surface area contributed by atoms with Crippen LogP contribution in [0, 0.1) is 0 Å². The summed E-state index contributed by atoms with van der Waals surface area (Å²) in [6, 6.07) is 0. The molecule has 0 rings (SSSR count). The van der Waals surface area contributed by atoms with Crippen LogP contribution in [-0.2, 0) is 19.6 Å². The van der Waals surface area contributed by atoms with Gasteiger partial charge in [-0.1, -0.05) is 0 Å². The molecule has 0 aromatic heterocycles. The summed E-state index contributed by atoms with van der Waals surface area (Å²) in [4.78, 5) is 14.5. The molecule has 0 saturated carbocycles. The van der Waals surface area contributed by atoms with Gasteiger partial charge in [0.05, 0.1) is 11.6 Å². The van der Waals surface area contributed by atoms with Gasteiger partial charge in [0.15, 0.2) is 10.7 Å². The molecule has 0 bridgehead atoms. The first-order valence-electron chi connectivity index (χ1n) is 3.44. The summed E-state index contributed by atoms with van der Waals surface area (Å²) in [5.41, 5.74) is 4.73. The molecule has 0 aromatic carbocycles. The minimum absolute atomic E-state index is 0.340. The molecule has 0 aliphatic rings. The lowest BCUT2D eigenvalue weighted by Gasteiger charge is -2.04. The number of halogens is 1. The quantitative estimate of drug-likeness (QED) is 0.417. The van der Waals surface area contributed by atoms with Crippen LogP contribution in [0.3, 0.4) is 0 Å². The van der Waals surface area contributed by atoms with Crippen LogP contribution in [-0.4, -0.2) is 38.8 Å². The molecule has 0 amide bonds. The first-order valence-corrected chi connectivity index (χ1v) is 5.67. The maximum absolute atomic E-state index is 11.1. The van der Waals surface area contributed by atoms with Gasteiger partial charge < -0.3 is 10.5 Å². The number of nitrogens with two attached hydrogens (primary N) is 1. The van der Waals surface area contributed by atoms with Gasteiger partial charge in [-0.25, -0.2) is 4.79 Å². The maximum atomic E-state index is 11.1. The van der Waals surface area contributed by atoms with Crippen LogP contribution in [0.1, 0.15) is 0 Å². The summed E-state index contributed by atoms with van der Waals surface area (Å²) in [6.07, 6.45) is 0. The molecule has 86 valence electrons. The Kier molecular flexibility index (Phi) is 4.91. The van der Waals surface area contributed by atoms with E-state index in [2.05, 4.69) is 25.7 Å². The molecule has 0 unspecified atom stereocenters. The van der Waals surface area contributed by atoms with Crippen molar-refractivity contribution in [2.75, 3.05) is 14.2 Å². The largest absolute Gasteiger partial charge is 0.464 e. The number of ether oxygens (including phenoxy) is 1. The van der Waals surface area contributed by atoms with Crippen LogP contribution in [0.5, 0.6) is 0 Å². The van der Waals surface area contributed by atoms with Gasteiger partial charge in [-0.3, -0.25) is 9.55 Å². The van der Waals surface area contributed by atoms with Crippen molar-refractivity contribution in [2.24, 2.45) is 10.7 Å². The molecule has 0 saturated heterocycles. The highest BCUT2D eigenvalue weighted by atomic mass is 79.9. The molecule has 0 fully saturated rings. The molecule has 0 aliphatic carbocycles. The first-order chi connectivity index (χ1) is 6.75. The number of carbonyl (C=O) groups excluding carboxylic acids is 1. The average Bonchev–Trinajstić information content (AvgIpc) is 2.15. The van der Waals surface area contributed by atoms with Crippen molar-refractivity contribution in [1.82, 2.24) is 0 Å². The lowest BCUT2D eigenvalue weighted by Crippen LogP contribution is -2.22. The van der Waals surface area contributed by atoms with Gasteiger partial charge in [0.25, 0.3) is 0 Å². The van der Waals surface area contributed by atoms with E-state index in [0.717, 1.165) is 7.11 Å². The molecular weight excluding hydrogens is 292 g/mol. The Labute approximate surface area is 94.9 Å². The number of carbonyl (C=O) groups is 1. The molecule has 15 heavy (non-hydrogen) atoms. The van der Waals surface area contributed by atoms with Gasteiger partial charge >= 0.3 is 16.1 Å². The number of rotatable bonds is 3. The van der Waals surface area contributed by atoms with Crippen LogP contribution in [0.15, 0.2) is 14.5 Å². The molecule has 0 aliphatic heterocycles. The molecular formula is C6H9BrN2O5S. The van der Waals surface area contributed by atoms with E-state index in [9.17, 15) is 13.2 Å². The minimum atomic E-state index is -4.58. The van der Waals surface area contributed by atoms with Crippen molar-refractivity contribution in [1.29, 1.82) is 0 Å². The number of esters is 1. The highest BCUT2D eigenvalue weighted by Crippen LogP contribution is 2.15. The van der Waals surface area contributed by atoms with E-state index in [1.807, 2.05) is 0 Å². The number of aliphatic imine (C=N–C) groups is 1. The first kappa shape index (κ1) is 14.1. The standard InChI is InChI=1S/C6H9BrN2O5S/c1-9-4(6(10)14-2)3(7)5(8)15(11,12)13/h8H2,1-2H3,(H,11,12,13). The monoisotopic (exact) mass is 300 g/mol. The molecule has 7 nitrogen and oxygen atoms in total. The van der Waals surface area contributed by atoms with E-state index < -0.39 is 21.1 Å². The lowest BCUT2D eigenvalue weighted by molar-refractivity contribution is -0.132. The summed E-state index contributed by atoms with van der Waals surface area (Å²) in [5, 5.41) is -0.909. The van der Waals surface area contributed by atoms with Crippen LogP contribution >= 0.6 is 15.9 Å². The molecule has 0 radical (unpaired) electrons. The van der Waals surface area contributed by atoms with E-state index >= 15 is 0 Å². The number of methoxy groups -OCH3 is 1. The fourth-order valence-electron chi connectivity index (χ4n) is 0.606. The summed E-state index contributed by atoms with van der Waals surface area (Å²) in [7, 11) is -2.24. The zero-order chi connectivity index (χ0) is 12.2. The van der Waals surface area contributed by atoms with Gasteiger partial charge in [0, 0.05) is 7.05 Å². The van der Waals surface area contributed by atoms with Crippen molar-refractivity contribution >= 4 is 37.7 Å². The topological polar surface area (TPSA) is 119 Å². The number of hydrogen-bond acceptors (Lipinski definition) is 6. The smallest absolute Gasteiger partial charge is 0.357 e. The summed E-state index contributed by atoms with van der Waals surface area (Å²) in [5.74, 6) is -0.879. The third-order valence-electron chi connectivity index (χ3n) is 1.30. The second-order valence-electron chi connectivity index (χ2n) is 2.22. The molecule has 0 atom stereocenters. The Balaban J connectivity index is 5.51. The number of nitrogens with zero attached hydrogens (tertiary/aromatic N) is 1. The van der Waals surface area contributed by atoms with Crippen molar-refractivity contribution in [2.45, 2.75) is 0 Å². The van der Waals surface area contributed by atoms with Crippen LogP contribution in [0.2, 0.25) is 0 Å². The Morgan fingerprint density at radius 2 is 2.00 bits per heavy atom. The third-order valence-corrected chi connectivity index (χ3v) is 3.13. The van der Waals surface area contributed by atoms with Gasteiger partial charge in [0.2, 0.25) is 0 Å². The van der Waals surface area contributed by atoms with E-state index in [-0.39, 0.29) is 10.2 Å². The Bertz CT molecular complexity index is 425. The fourth-order valence-corrected chi connectivity index (χ4v) is 1.88. The van der Waals surface area contributed by atoms with Gasteiger partial charge in [-0.05, 0) is 15.9 Å². The predicted octanol–water partition coefficient (Wildman–Crippen LogP) is -0.359. The molecule has 0 spiro atoms. The van der Waals surface area contributed by atoms with Gasteiger partial charge in [-0.2, -0.15) is 8.42 Å². The van der Waals surface area contributed by atoms with Crippen LogP contribution in [0.25, 0.3) is 0 Å². The highest BCUT2D eigenvalue weighted by molar-refractivity contribution is 9.12. The normalized spacial score (nSPS) is 14.5. The zero-order valence-electron chi connectivity index (χ0n) is 7.89. The van der Waals surface area contributed by atoms with E-state index in [1.165, 1.54) is 7.05 Å². The van der Waals surface area contributed by atoms with Crippen molar-refractivity contribution in [3.63, 3.8) is 0 Å². The summed E-state index contributed by atoms with van der Waals surface area (Å²) >= 11 is 2.73. The predicted molar refractivity (Wildman–Crippen MR) is 57.1 cm³/mol. The van der Waals surface area contributed by atoms with Crippen molar-refractivity contribution < 1.29 is 22.5 Å². The van der Waals surface area contributed by atoms with E-state index in [0.29, 0.717) is 0 Å². The van der Waals surface area contributed by atoms with Crippen molar-refractivity contribution in [3.05, 3.63) is 9.51 Å². The Morgan fingerprint density at radius 3 is 2.27 bits per heavy atom. The van der Waals surface area contributed by atoms with Gasteiger partial charge in [-0.15, -0.1) is 0 Å². The molecule has 0 heterocycles. The Hall–Kier alpha value is -0.930. The summed E-state index contributed by atoms with van der Waals surface area (Å²) in [6.45, 7) is 0. The average molecular weight is 301 g/mol. The second kappa shape index (κ2) is 5.24. The van der Waals surface area contributed by atoms with Crippen molar-refractivity contribution in [3.8, 4) is 0 Å². The third kappa shape index (κ3) is 3.61. The fraction of sp³-hybridized carbons (Fsp3) is 0.333. The molecule has 9 heteroatoms. The van der Waals surface area contributed by atoms with E-state index in [4.69, 9.17) is 10.3 Å². The molecule has 0 aromatic rings. The second-order valence-corrected chi connectivity index (χ2v) is 4.40. The summed E-state index contributed by atoms with van der Waals surface area (Å²) < 4.78 is 33.9. The highest BCUT2D eigenvalue weighted by Gasteiger charge is 2.22. The lowest BCUT2D eigenvalue weighted by atomic mass is 10.3. The van der Waals surface area contributed by atoms with Crippen LogP contribution in [0.4, 0.5) is 0 Å². The van der Waals surface area contributed by atoms with E-state index in [1.54, 1.807) is 0 Å². The Morgan fingerprint density at radius 1 is 1.53 bits per heavy atom. The van der Waals surface area contributed by atoms with Gasteiger partial charge in [0.1, 0.15) is 0 Å². The SMILES string of the molecule is CN=C(C(=O)OC)C(Br)=C(N)S(=O)(=O)O.